The highest BCUT2D eigenvalue weighted by Crippen LogP contribution is 2.42. The summed E-state index contributed by atoms with van der Waals surface area (Å²) in [5.74, 6) is -0.589. The van der Waals surface area contributed by atoms with Crippen LogP contribution in [0.15, 0.2) is 70.9 Å². The van der Waals surface area contributed by atoms with Crippen molar-refractivity contribution < 1.29 is 23.8 Å². The smallest absolute Gasteiger partial charge is 0.300 e. The highest BCUT2D eigenvalue weighted by Gasteiger charge is 2.48. The first-order chi connectivity index (χ1) is 16.0. The Morgan fingerprint density at radius 1 is 1.09 bits per heavy atom. The van der Waals surface area contributed by atoms with Crippen LogP contribution in [0.1, 0.15) is 48.8 Å². The van der Waals surface area contributed by atoms with E-state index in [0.29, 0.717) is 29.4 Å². The molecular formula is C27H27NO5. The molecule has 6 nitrogen and oxygen atoms in total. The first-order valence-electron chi connectivity index (χ1n) is 11.1. The minimum atomic E-state index is -0.871. The van der Waals surface area contributed by atoms with Gasteiger partial charge in [-0.2, -0.15) is 0 Å². The van der Waals surface area contributed by atoms with E-state index in [-0.39, 0.29) is 11.3 Å². The maximum absolute atomic E-state index is 13.2. The molecule has 6 heteroatoms. The van der Waals surface area contributed by atoms with Crippen molar-refractivity contribution in [2.24, 2.45) is 0 Å². The molecule has 2 aromatic carbocycles. The average Bonchev–Trinajstić information content (AvgIpc) is 3.45. The Balaban J connectivity index is 1.82. The zero-order valence-corrected chi connectivity index (χ0v) is 19.0. The average molecular weight is 446 g/mol. The lowest BCUT2D eigenvalue weighted by atomic mass is 9.98. The summed E-state index contributed by atoms with van der Waals surface area (Å²) in [7, 11) is 0. The van der Waals surface area contributed by atoms with E-state index in [4.69, 9.17) is 9.15 Å². The summed E-state index contributed by atoms with van der Waals surface area (Å²) < 4.78 is 11.3. The van der Waals surface area contributed by atoms with Gasteiger partial charge in [-0.3, -0.25) is 14.5 Å². The van der Waals surface area contributed by atoms with Gasteiger partial charge in [0.2, 0.25) is 0 Å². The number of carbonyl (C=O) groups is 2. The number of ketones is 1. The topological polar surface area (TPSA) is 80.0 Å². The number of hydrogen-bond acceptors (Lipinski definition) is 5. The number of aliphatic hydroxyl groups is 1. The van der Waals surface area contributed by atoms with Crippen molar-refractivity contribution in [2.75, 3.05) is 11.5 Å². The molecule has 1 aliphatic rings. The van der Waals surface area contributed by atoms with Gasteiger partial charge in [-0.25, -0.2) is 0 Å². The first kappa shape index (κ1) is 22.4. The molecule has 1 aliphatic heterocycles. The number of hydrogen-bond donors (Lipinski definition) is 1. The number of amides is 1. The molecular weight excluding hydrogens is 418 g/mol. The van der Waals surface area contributed by atoms with Crippen LogP contribution in [0.5, 0.6) is 5.75 Å². The number of Topliss-reactive ketones (excluding diaryl/α,β-unsaturated/α-hetero) is 1. The summed E-state index contributed by atoms with van der Waals surface area (Å²) >= 11 is 0. The zero-order chi connectivity index (χ0) is 23.5. The molecule has 0 saturated carbocycles. The van der Waals surface area contributed by atoms with E-state index in [0.717, 1.165) is 24.0 Å². The number of anilines is 1. The molecule has 1 aromatic heterocycles. The fourth-order valence-corrected chi connectivity index (χ4v) is 4.03. The van der Waals surface area contributed by atoms with Crippen LogP contribution in [-0.4, -0.2) is 23.4 Å². The second kappa shape index (κ2) is 9.36. The third-order valence-corrected chi connectivity index (χ3v) is 5.79. The summed E-state index contributed by atoms with van der Waals surface area (Å²) in [4.78, 5) is 27.7. The van der Waals surface area contributed by atoms with Crippen LogP contribution in [0.4, 0.5) is 5.69 Å². The molecule has 1 fully saturated rings. The normalized spacial score (nSPS) is 17.5. The van der Waals surface area contributed by atoms with Crippen molar-refractivity contribution in [1.82, 2.24) is 0 Å². The molecule has 3 aromatic rings. The van der Waals surface area contributed by atoms with Gasteiger partial charge in [0.25, 0.3) is 11.7 Å². The van der Waals surface area contributed by atoms with Crippen LogP contribution in [0.2, 0.25) is 0 Å². The van der Waals surface area contributed by atoms with E-state index in [1.54, 1.807) is 30.3 Å². The highest BCUT2D eigenvalue weighted by atomic mass is 16.5. The van der Waals surface area contributed by atoms with Gasteiger partial charge in [-0.1, -0.05) is 26.0 Å². The lowest BCUT2D eigenvalue weighted by Crippen LogP contribution is -2.29. The number of furan rings is 1. The summed E-state index contributed by atoms with van der Waals surface area (Å²) in [5, 5.41) is 11.2. The standard InChI is InChI=1S/C27H27NO5/c1-4-14-32-21-13-10-19(16-17(21)3)25(29)23-24(22-7-6-15-33-22)28(27(31)26(23)30)20-11-8-18(5-2)9-12-20/h6-13,15-16,24,29H,4-5,14H2,1-3H3/b25-23-. The SMILES string of the molecule is CCCOc1ccc(/C(O)=C2/C(=O)C(=O)N(c3ccc(CC)cc3)C2c2ccco2)cc1C. The Morgan fingerprint density at radius 2 is 1.85 bits per heavy atom. The molecule has 0 bridgehead atoms. The minimum Gasteiger partial charge on any atom is -0.507 e. The summed E-state index contributed by atoms with van der Waals surface area (Å²) in [6, 6.07) is 15.2. The second-order valence-electron chi connectivity index (χ2n) is 8.03. The molecule has 1 N–H and O–H groups in total. The molecule has 0 aliphatic carbocycles. The van der Waals surface area contributed by atoms with E-state index >= 15 is 0 Å². The summed E-state index contributed by atoms with van der Waals surface area (Å²) in [6.07, 6.45) is 3.23. The number of rotatable bonds is 7. The predicted molar refractivity (Wildman–Crippen MR) is 126 cm³/mol. The molecule has 33 heavy (non-hydrogen) atoms. The van der Waals surface area contributed by atoms with Gasteiger partial charge >= 0.3 is 0 Å². The second-order valence-corrected chi connectivity index (χ2v) is 8.03. The molecule has 2 heterocycles. The van der Waals surface area contributed by atoms with E-state index in [1.165, 1.54) is 11.2 Å². The Hall–Kier alpha value is -3.80. The monoisotopic (exact) mass is 445 g/mol. The van der Waals surface area contributed by atoms with Gasteiger partial charge in [-0.05, 0) is 73.4 Å². The first-order valence-corrected chi connectivity index (χ1v) is 11.1. The van der Waals surface area contributed by atoms with Crippen molar-refractivity contribution in [2.45, 2.75) is 39.7 Å². The maximum Gasteiger partial charge on any atom is 0.300 e. The van der Waals surface area contributed by atoms with E-state index in [2.05, 4.69) is 0 Å². The predicted octanol–water partition coefficient (Wildman–Crippen LogP) is 5.57. The van der Waals surface area contributed by atoms with Crippen molar-refractivity contribution in [3.05, 3.63) is 88.9 Å². The highest BCUT2D eigenvalue weighted by molar-refractivity contribution is 6.51. The van der Waals surface area contributed by atoms with Gasteiger partial charge in [0.1, 0.15) is 23.3 Å². The molecule has 170 valence electrons. The molecule has 1 atom stereocenters. The number of aryl methyl sites for hydroxylation is 2. The molecule has 1 unspecified atom stereocenters. The fraction of sp³-hybridized carbons (Fsp3) is 0.259. The number of ether oxygens (including phenoxy) is 1. The van der Waals surface area contributed by atoms with E-state index in [1.807, 2.05) is 45.0 Å². The Kier molecular flexibility index (Phi) is 6.36. The van der Waals surface area contributed by atoms with Crippen molar-refractivity contribution in [3.63, 3.8) is 0 Å². The van der Waals surface area contributed by atoms with Crippen LogP contribution < -0.4 is 9.64 Å². The van der Waals surface area contributed by atoms with Crippen molar-refractivity contribution >= 4 is 23.1 Å². The number of nitrogens with zero attached hydrogens (tertiary/aromatic N) is 1. The van der Waals surface area contributed by atoms with Gasteiger partial charge in [0.15, 0.2) is 0 Å². The Morgan fingerprint density at radius 3 is 2.45 bits per heavy atom. The fourth-order valence-electron chi connectivity index (χ4n) is 4.03. The van der Waals surface area contributed by atoms with Gasteiger partial charge in [0, 0.05) is 11.3 Å². The molecule has 1 amide bonds. The van der Waals surface area contributed by atoms with Crippen LogP contribution in [0, 0.1) is 6.92 Å². The Bertz CT molecular complexity index is 1190. The summed E-state index contributed by atoms with van der Waals surface area (Å²) in [5.41, 5.74) is 2.94. The molecule has 0 radical (unpaired) electrons. The summed E-state index contributed by atoms with van der Waals surface area (Å²) in [6.45, 7) is 6.54. The van der Waals surface area contributed by atoms with Crippen molar-refractivity contribution in [3.8, 4) is 5.75 Å². The third-order valence-electron chi connectivity index (χ3n) is 5.79. The van der Waals surface area contributed by atoms with Crippen molar-refractivity contribution in [1.29, 1.82) is 0 Å². The quantitative estimate of drug-likeness (QED) is 0.292. The van der Waals surface area contributed by atoms with Crippen LogP contribution >= 0.6 is 0 Å². The largest absolute Gasteiger partial charge is 0.507 e. The lowest BCUT2D eigenvalue weighted by molar-refractivity contribution is -0.132. The van der Waals surface area contributed by atoms with Gasteiger partial charge in [0.05, 0.1) is 18.4 Å². The van der Waals surface area contributed by atoms with Crippen LogP contribution in [-0.2, 0) is 16.0 Å². The molecule has 4 rings (SSSR count). The van der Waals surface area contributed by atoms with E-state index < -0.39 is 17.7 Å². The minimum absolute atomic E-state index is 0.00357. The van der Waals surface area contributed by atoms with Gasteiger partial charge < -0.3 is 14.3 Å². The van der Waals surface area contributed by atoms with Crippen LogP contribution in [0.3, 0.4) is 0 Å². The lowest BCUT2D eigenvalue weighted by Gasteiger charge is -2.23. The Labute approximate surface area is 193 Å². The molecule has 0 spiro atoms. The number of benzene rings is 2. The number of carbonyl (C=O) groups excluding carboxylic acids is 2. The number of aliphatic hydroxyl groups excluding tert-OH is 1. The third kappa shape index (κ3) is 4.16. The van der Waals surface area contributed by atoms with Gasteiger partial charge in [-0.15, -0.1) is 0 Å². The maximum atomic E-state index is 13.2. The molecule has 1 saturated heterocycles. The zero-order valence-electron chi connectivity index (χ0n) is 19.0. The van der Waals surface area contributed by atoms with Crippen LogP contribution in [0.25, 0.3) is 5.76 Å². The van der Waals surface area contributed by atoms with E-state index in [9.17, 15) is 14.7 Å².